The highest BCUT2D eigenvalue weighted by Gasteiger charge is 2.17. The topological polar surface area (TPSA) is 58.1 Å². The van der Waals surface area contributed by atoms with Crippen LogP contribution in [0, 0.1) is 11.6 Å². The Bertz CT molecular complexity index is 1510. The van der Waals surface area contributed by atoms with Crippen molar-refractivity contribution in [1.82, 2.24) is 9.97 Å². The van der Waals surface area contributed by atoms with Gasteiger partial charge in [-0.1, -0.05) is 42.5 Å². The first kappa shape index (κ1) is 24.1. The summed E-state index contributed by atoms with van der Waals surface area (Å²) >= 11 is 0. The van der Waals surface area contributed by atoms with Gasteiger partial charge < -0.3 is 10.2 Å². The number of aromatic nitrogens is 2. The molecule has 7 heteroatoms. The maximum absolute atomic E-state index is 13.6. The van der Waals surface area contributed by atoms with Crippen LogP contribution in [-0.4, -0.2) is 22.4 Å². The minimum absolute atomic E-state index is 0.189. The van der Waals surface area contributed by atoms with E-state index < -0.39 is 0 Å². The molecule has 0 aliphatic rings. The van der Waals surface area contributed by atoms with Crippen LogP contribution < -0.4 is 10.2 Å². The SMILES string of the molecule is O=C(CCN(Cc1ccccc1)c1nc(-c2ccc(F)cc2)nc2ccccc12)Nc1ccc(F)cc1. The molecule has 37 heavy (non-hydrogen) atoms. The normalized spacial score (nSPS) is 10.9. The van der Waals surface area contributed by atoms with E-state index >= 15 is 0 Å². The number of anilines is 2. The number of fused-ring (bicyclic) bond motifs is 1. The number of hydrogen-bond donors (Lipinski definition) is 1. The molecule has 0 spiro atoms. The molecule has 0 atom stereocenters. The summed E-state index contributed by atoms with van der Waals surface area (Å²) in [6.45, 7) is 0.903. The highest BCUT2D eigenvalue weighted by Crippen LogP contribution is 2.29. The monoisotopic (exact) mass is 494 g/mol. The Kier molecular flexibility index (Phi) is 7.12. The molecule has 1 amide bonds. The Hall–Kier alpha value is -4.65. The fraction of sp³-hybridized carbons (Fsp3) is 0.100. The van der Waals surface area contributed by atoms with Gasteiger partial charge in [-0.05, 0) is 66.2 Å². The minimum Gasteiger partial charge on any atom is -0.351 e. The average molecular weight is 495 g/mol. The van der Waals surface area contributed by atoms with Crippen molar-refractivity contribution >= 4 is 28.3 Å². The molecule has 1 N–H and O–H groups in total. The molecule has 5 nitrogen and oxygen atoms in total. The maximum atomic E-state index is 13.6. The molecule has 184 valence electrons. The van der Waals surface area contributed by atoms with E-state index in [-0.39, 0.29) is 24.0 Å². The number of hydrogen-bond acceptors (Lipinski definition) is 4. The number of para-hydroxylation sites is 1. The summed E-state index contributed by atoms with van der Waals surface area (Å²) in [7, 11) is 0. The van der Waals surface area contributed by atoms with Crippen molar-refractivity contribution in [2.24, 2.45) is 0 Å². The third kappa shape index (κ3) is 5.95. The number of amides is 1. The molecule has 1 heterocycles. The largest absolute Gasteiger partial charge is 0.351 e. The van der Waals surface area contributed by atoms with Gasteiger partial charge in [0, 0.05) is 36.1 Å². The highest BCUT2D eigenvalue weighted by atomic mass is 19.1. The predicted octanol–water partition coefficient (Wildman–Crippen LogP) is 6.61. The molecule has 0 aliphatic heterocycles. The first-order chi connectivity index (χ1) is 18.0. The second-order valence-corrected chi connectivity index (χ2v) is 8.61. The van der Waals surface area contributed by atoms with Gasteiger partial charge in [0.2, 0.25) is 5.91 Å². The van der Waals surface area contributed by atoms with Crippen molar-refractivity contribution in [1.29, 1.82) is 0 Å². The molecule has 0 saturated heterocycles. The Balaban J connectivity index is 1.49. The average Bonchev–Trinajstić information content (AvgIpc) is 2.93. The molecule has 0 saturated carbocycles. The van der Waals surface area contributed by atoms with Crippen molar-refractivity contribution < 1.29 is 13.6 Å². The van der Waals surface area contributed by atoms with Crippen molar-refractivity contribution in [2.75, 3.05) is 16.8 Å². The first-order valence-corrected chi connectivity index (χ1v) is 11.9. The van der Waals surface area contributed by atoms with E-state index in [4.69, 9.17) is 9.97 Å². The van der Waals surface area contributed by atoms with Gasteiger partial charge >= 0.3 is 0 Å². The second kappa shape index (κ2) is 11.0. The standard InChI is InChI=1S/C30H24F2N4O/c31-23-12-10-22(11-13-23)29-34-27-9-5-4-8-26(27)30(35-29)36(20-21-6-2-1-3-7-21)19-18-28(37)33-25-16-14-24(32)15-17-25/h1-17H,18-20H2,(H,33,37). The molecule has 0 radical (unpaired) electrons. The van der Waals surface area contributed by atoms with Crippen LogP contribution in [0.5, 0.6) is 0 Å². The van der Waals surface area contributed by atoms with Crippen LogP contribution in [0.15, 0.2) is 103 Å². The van der Waals surface area contributed by atoms with E-state index in [1.54, 1.807) is 12.1 Å². The van der Waals surface area contributed by atoms with E-state index in [9.17, 15) is 13.6 Å². The van der Waals surface area contributed by atoms with Crippen molar-refractivity contribution in [3.8, 4) is 11.4 Å². The van der Waals surface area contributed by atoms with Crippen molar-refractivity contribution in [3.63, 3.8) is 0 Å². The van der Waals surface area contributed by atoms with E-state index in [0.717, 1.165) is 16.5 Å². The molecule has 1 aromatic heterocycles. The maximum Gasteiger partial charge on any atom is 0.226 e. The van der Waals surface area contributed by atoms with Crippen LogP contribution in [-0.2, 0) is 11.3 Å². The number of nitrogens with one attached hydrogen (secondary N) is 1. The lowest BCUT2D eigenvalue weighted by Gasteiger charge is -2.25. The van der Waals surface area contributed by atoms with Gasteiger partial charge in [-0.3, -0.25) is 4.79 Å². The van der Waals surface area contributed by atoms with E-state index in [0.29, 0.717) is 36.0 Å². The van der Waals surface area contributed by atoms with E-state index in [2.05, 4.69) is 10.2 Å². The van der Waals surface area contributed by atoms with E-state index in [1.165, 1.54) is 36.4 Å². The van der Waals surface area contributed by atoms with E-state index in [1.807, 2.05) is 54.6 Å². The number of carbonyl (C=O) groups is 1. The van der Waals surface area contributed by atoms with Gasteiger partial charge in [-0.25, -0.2) is 18.7 Å². The van der Waals surface area contributed by atoms with Crippen molar-refractivity contribution in [3.05, 3.63) is 120 Å². The van der Waals surface area contributed by atoms with Crippen LogP contribution in [0.25, 0.3) is 22.3 Å². The molecule has 0 aliphatic carbocycles. The number of rotatable bonds is 8. The summed E-state index contributed by atoms with van der Waals surface area (Å²) in [6.07, 6.45) is 0.189. The fourth-order valence-electron chi connectivity index (χ4n) is 4.09. The third-order valence-corrected chi connectivity index (χ3v) is 5.94. The zero-order valence-corrected chi connectivity index (χ0v) is 19.9. The fourth-order valence-corrected chi connectivity index (χ4v) is 4.09. The molecule has 0 bridgehead atoms. The van der Waals surface area contributed by atoms with Gasteiger partial charge in [0.15, 0.2) is 5.82 Å². The smallest absolute Gasteiger partial charge is 0.226 e. The van der Waals surface area contributed by atoms with Crippen molar-refractivity contribution in [2.45, 2.75) is 13.0 Å². The Morgan fingerprint density at radius 1 is 0.757 bits per heavy atom. The van der Waals surface area contributed by atoms with Gasteiger partial charge in [-0.15, -0.1) is 0 Å². The summed E-state index contributed by atoms with van der Waals surface area (Å²) in [5.74, 6) is 0.273. The van der Waals surface area contributed by atoms with Crippen LogP contribution in [0.2, 0.25) is 0 Å². The number of benzene rings is 4. The summed E-state index contributed by atoms with van der Waals surface area (Å²) in [5, 5.41) is 3.67. The number of halogens is 2. The third-order valence-electron chi connectivity index (χ3n) is 5.94. The molecular formula is C30H24F2N4O. The predicted molar refractivity (Wildman–Crippen MR) is 142 cm³/mol. The second-order valence-electron chi connectivity index (χ2n) is 8.61. The zero-order chi connectivity index (χ0) is 25.6. The first-order valence-electron chi connectivity index (χ1n) is 11.9. The summed E-state index contributed by atoms with van der Waals surface area (Å²) in [6, 6.07) is 29.4. The van der Waals surface area contributed by atoms with Crippen LogP contribution in [0.1, 0.15) is 12.0 Å². The molecule has 4 aromatic carbocycles. The number of carbonyl (C=O) groups excluding carboxylic acids is 1. The molecule has 5 rings (SSSR count). The lowest BCUT2D eigenvalue weighted by Crippen LogP contribution is -2.28. The Labute approximate surface area is 213 Å². The summed E-state index contributed by atoms with van der Waals surface area (Å²) in [4.78, 5) is 24.4. The highest BCUT2D eigenvalue weighted by molar-refractivity contribution is 5.93. The quantitative estimate of drug-likeness (QED) is 0.264. The van der Waals surface area contributed by atoms with Gasteiger partial charge in [0.1, 0.15) is 17.5 Å². The van der Waals surface area contributed by atoms with Gasteiger partial charge in [0.25, 0.3) is 0 Å². The Morgan fingerprint density at radius 2 is 1.41 bits per heavy atom. The lowest BCUT2D eigenvalue weighted by molar-refractivity contribution is -0.116. The van der Waals surface area contributed by atoms with Gasteiger partial charge in [-0.2, -0.15) is 0 Å². The zero-order valence-electron chi connectivity index (χ0n) is 19.9. The summed E-state index contributed by atoms with van der Waals surface area (Å²) < 4.78 is 26.8. The molecule has 0 unspecified atom stereocenters. The lowest BCUT2D eigenvalue weighted by atomic mass is 10.1. The van der Waals surface area contributed by atoms with Crippen LogP contribution in [0.4, 0.5) is 20.3 Å². The molecule has 0 fully saturated rings. The summed E-state index contributed by atoms with van der Waals surface area (Å²) in [5.41, 5.74) is 3.04. The molecular weight excluding hydrogens is 470 g/mol. The number of nitrogens with zero attached hydrogens (tertiary/aromatic N) is 3. The van der Waals surface area contributed by atoms with Crippen LogP contribution in [0.3, 0.4) is 0 Å². The minimum atomic E-state index is -0.361. The Morgan fingerprint density at radius 3 is 2.14 bits per heavy atom. The van der Waals surface area contributed by atoms with Crippen LogP contribution >= 0.6 is 0 Å². The van der Waals surface area contributed by atoms with Gasteiger partial charge in [0.05, 0.1) is 5.52 Å². The molecule has 5 aromatic rings.